The third kappa shape index (κ3) is 2.01. The zero-order valence-electron chi connectivity index (χ0n) is 10.1. The minimum atomic E-state index is -0.338. The summed E-state index contributed by atoms with van der Waals surface area (Å²) in [6.07, 6.45) is 7.22. The smallest absolute Gasteiger partial charge is 0.194 e. The van der Waals surface area contributed by atoms with Gasteiger partial charge in [0.25, 0.3) is 0 Å². The van der Waals surface area contributed by atoms with E-state index < -0.39 is 0 Å². The highest BCUT2D eigenvalue weighted by Gasteiger charge is 2.40. The van der Waals surface area contributed by atoms with Crippen LogP contribution in [-0.4, -0.2) is 10.9 Å². The van der Waals surface area contributed by atoms with Crippen molar-refractivity contribution in [2.75, 3.05) is 0 Å². The second kappa shape index (κ2) is 4.65. The highest BCUT2D eigenvalue weighted by atomic mass is 16.3. The first-order valence-corrected chi connectivity index (χ1v) is 6.06. The number of hydrogen-bond donors (Lipinski definition) is 1. The van der Waals surface area contributed by atoms with E-state index in [0.717, 1.165) is 0 Å². The van der Waals surface area contributed by atoms with Crippen molar-refractivity contribution in [1.82, 2.24) is 0 Å². The van der Waals surface area contributed by atoms with Gasteiger partial charge in [0.2, 0.25) is 0 Å². The van der Waals surface area contributed by atoms with Gasteiger partial charge in [-0.3, -0.25) is 4.79 Å². The van der Waals surface area contributed by atoms with Crippen LogP contribution in [0, 0.1) is 11.8 Å². The molecule has 0 bridgehead atoms. The maximum atomic E-state index is 12.1. The number of Topliss-reactive ketones (excluding diaryl/α,β-unsaturated/α-hetero) is 1. The second-order valence-electron chi connectivity index (χ2n) is 4.46. The molecule has 0 amide bonds. The van der Waals surface area contributed by atoms with Crippen molar-refractivity contribution in [1.29, 1.82) is 0 Å². The molecule has 19 heavy (non-hydrogen) atoms. The van der Waals surface area contributed by atoms with Crippen molar-refractivity contribution in [2.24, 2.45) is 22.1 Å². The Bertz CT molecular complexity index is 627. The fourth-order valence-electron chi connectivity index (χ4n) is 2.26. The van der Waals surface area contributed by atoms with Gasteiger partial charge in [0, 0.05) is 0 Å². The molecule has 0 fully saturated rings. The molecule has 1 aromatic carbocycles. The molecule has 94 valence electrons. The number of aliphatic hydroxyl groups excluding tert-OH is 1. The molecule has 1 aromatic rings. The highest BCUT2D eigenvalue weighted by molar-refractivity contribution is 6.01. The van der Waals surface area contributed by atoms with Crippen molar-refractivity contribution in [2.45, 2.75) is 0 Å². The average Bonchev–Trinajstić information content (AvgIpc) is 2.71. The summed E-state index contributed by atoms with van der Waals surface area (Å²) in [7, 11) is 0. The van der Waals surface area contributed by atoms with Gasteiger partial charge < -0.3 is 5.11 Å². The summed E-state index contributed by atoms with van der Waals surface area (Å²) in [5.74, 6) is -0.796. The molecule has 0 radical (unpaired) electrons. The number of azo groups is 1. The van der Waals surface area contributed by atoms with E-state index in [4.69, 9.17) is 0 Å². The van der Waals surface area contributed by atoms with E-state index in [2.05, 4.69) is 10.2 Å². The third-order valence-electron chi connectivity index (χ3n) is 3.25. The van der Waals surface area contributed by atoms with Crippen LogP contribution in [0.3, 0.4) is 0 Å². The topological polar surface area (TPSA) is 62.0 Å². The molecule has 0 aliphatic heterocycles. The van der Waals surface area contributed by atoms with Crippen molar-refractivity contribution >= 4 is 11.5 Å². The number of hydrogen-bond acceptors (Lipinski definition) is 4. The summed E-state index contributed by atoms with van der Waals surface area (Å²) in [6, 6.07) is 9.12. The molecule has 2 aliphatic rings. The van der Waals surface area contributed by atoms with Crippen LogP contribution in [0.2, 0.25) is 0 Å². The lowest BCUT2D eigenvalue weighted by molar-refractivity contribution is -0.117. The van der Waals surface area contributed by atoms with Gasteiger partial charge in [-0.25, -0.2) is 0 Å². The Morgan fingerprint density at radius 1 is 0.947 bits per heavy atom. The number of carbonyl (C=O) groups excluding carboxylic acids is 1. The number of allylic oxidation sites excluding steroid dienone is 5. The predicted molar refractivity (Wildman–Crippen MR) is 70.9 cm³/mol. The first-order valence-electron chi connectivity index (χ1n) is 6.06. The summed E-state index contributed by atoms with van der Waals surface area (Å²) in [5.41, 5.74) is 0.714. The van der Waals surface area contributed by atoms with E-state index >= 15 is 0 Å². The number of aliphatic hydroxyl groups is 1. The molecule has 2 aliphatic carbocycles. The lowest BCUT2D eigenvalue weighted by Gasteiger charge is -2.13. The number of rotatable bonds is 2. The summed E-state index contributed by atoms with van der Waals surface area (Å²) >= 11 is 0. The lowest BCUT2D eigenvalue weighted by Crippen LogP contribution is -2.15. The molecule has 3 rings (SSSR count). The van der Waals surface area contributed by atoms with Gasteiger partial charge in [0.1, 0.15) is 5.76 Å². The van der Waals surface area contributed by atoms with Gasteiger partial charge in [-0.1, -0.05) is 42.5 Å². The molecule has 1 N–H and O–H groups in total. The molecule has 0 saturated carbocycles. The first-order chi connectivity index (χ1) is 9.27. The Balaban J connectivity index is 1.90. The van der Waals surface area contributed by atoms with Crippen LogP contribution in [0.5, 0.6) is 0 Å². The zero-order valence-corrected chi connectivity index (χ0v) is 10.1. The standard InChI is InChI=1S/C15H12N2O2/c18-14-11-8-4-5-9-12(11)15(19)13(14)17-16-10-6-2-1-3-7-10/h1-9,11-12,18H/t11-,12+/m0/s1. The monoisotopic (exact) mass is 252 g/mol. The molecule has 2 atom stereocenters. The van der Waals surface area contributed by atoms with E-state index in [9.17, 15) is 9.90 Å². The number of fused-ring (bicyclic) bond motifs is 1. The van der Waals surface area contributed by atoms with Gasteiger partial charge in [0.05, 0.1) is 17.5 Å². The Morgan fingerprint density at radius 2 is 1.63 bits per heavy atom. The number of carbonyl (C=O) groups is 1. The van der Waals surface area contributed by atoms with Crippen LogP contribution in [0.15, 0.2) is 76.3 Å². The van der Waals surface area contributed by atoms with Crippen LogP contribution >= 0.6 is 0 Å². The van der Waals surface area contributed by atoms with Crippen LogP contribution in [0.1, 0.15) is 0 Å². The molecular weight excluding hydrogens is 240 g/mol. The maximum Gasteiger partial charge on any atom is 0.194 e. The minimum Gasteiger partial charge on any atom is -0.509 e. The quantitative estimate of drug-likeness (QED) is 0.819. The number of nitrogens with zero attached hydrogens (tertiary/aromatic N) is 2. The van der Waals surface area contributed by atoms with Crippen molar-refractivity contribution in [3.05, 3.63) is 66.1 Å². The SMILES string of the molecule is O=C1C(N=Nc2ccccc2)=C(O)[C@H]2C=CC=C[C@@H]12. The second-order valence-corrected chi connectivity index (χ2v) is 4.46. The van der Waals surface area contributed by atoms with Gasteiger partial charge >= 0.3 is 0 Å². The third-order valence-corrected chi connectivity index (χ3v) is 3.25. The van der Waals surface area contributed by atoms with E-state index in [1.807, 2.05) is 36.4 Å². The normalized spacial score (nSPS) is 25.4. The molecular formula is C15H12N2O2. The Kier molecular flexibility index (Phi) is 2.83. The summed E-state index contributed by atoms with van der Waals surface area (Å²) in [4.78, 5) is 12.1. The zero-order chi connectivity index (χ0) is 13.2. The molecule has 4 heteroatoms. The summed E-state index contributed by atoms with van der Waals surface area (Å²) in [6.45, 7) is 0. The molecule has 0 unspecified atom stereocenters. The van der Waals surface area contributed by atoms with E-state index in [0.29, 0.717) is 5.69 Å². The molecule has 0 spiro atoms. The van der Waals surface area contributed by atoms with Gasteiger partial charge in [0.15, 0.2) is 11.5 Å². The summed E-state index contributed by atoms with van der Waals surface area (Å²) in [5, 5.41) is 18.0. The van der Waals surface area contributed by atoms with Crippen LogP contribution < -0.4 is 0 Å². The summed E-state index contributed by atoms with van der Waals surface area (Å²) < 4.78 is 0. The fraction of sp³-hybridized carbons (Fsp3) is 0.133. The van der Waals surface area contributed by atoms with Crippen molar-refractivity contribution in [3.8, 4) is 0 Å². The Morgan fingerprint density at radius 3 is 2.32 bits per heavy atom. The van der Waals surface area contributed by atoms with Crippen molar-refractivity contribution in [3.63, 3.8) is 0 Å². The van der Waals surface area contributed by atoms with Crippen molar-refractivity contribution < 1.29 is 9.90 Å². The fourth-order valence-corrected chi connectivity index (χ4v) is 2.26. The largest absolute Gasteiger partial charge is 0.509 e. The van der Waals surface area contributed by atoms with Crippen LogP contribution in [0.25, 0.3) is 0 Å². The minimum absolute atomic E-state index is 0.00952. The van der Waals surface area contributed by atoms with Crippen LogP contribution in [-0.2, 0) is 4.79 Å². The predicted octanol–water partition coefficient (Wildman–Crippen LogP) is 3.48. The van der Waals surface area contributed by atoms with E-state index in [1.54, 1.807) is 18.2 Å². The maximum absolute atomic E-state index is 12.1. The highest BCUT2D eigenvalue weighted by Crippen LogP contribution is 2.37. The average molecular weight is 252 g/mol. The van der Waals surface area contributed by atoms with Gasteiger partial charge in [-0.15, -0.1) is 5.11 Å². The first kappa shape index (κ1) is 11.6. The molecule has 0 heterocycles. The Hall–Kier alpha value is -2.49. The molecule has 0 saturated heterocycles. The Labute approximate surface area is 110 Å². The number of ketones is 1. The molecule has 4 nitrogen and oxygen atoms in total. The van der Waals surface area contributed by atoms with E-state index in [-0.39, 0.29) is 29.1 Å². The molecule has 0 aromatic heterocycles. The van der Waals surface area contributed by atoms with Crippen LogP contribution in [0.4, 0.5) is 5.69 Å². The van der Waals surface area contributed by atoms with Gasteiger partial charge in [-0.2, -0.15) is 5.11 Å². The van der Waals surface area contributed by atoms with E-state index in [1.165, 1.54) is 0 Å². The van der Waals surface area contributed by atoms with Gasteiger partial charge in [-0.05, 0) is 12.1 Å². The number of benzene rings is 1. The lowest BCUT2D eigenvalue weighted by atomic mass is 9.90.